The summed E-state index contributed by atoms with van der Waals surface area (Å²) < 4.78 is 4.23. The molecule has 3 N–H and O–H groups in total. The third kappa shape index (κ3) is 2.79. The van der Waals surface area contributed by atoms with E-state index in [2.05, 4.69) is 20.6 Å². The fourth-order valence-corrected chi connectivity index (χ4v) is 3.99. The lowest BCUT2D eigenvalue weighted by atomic mass is 10.2. The fourth-order valence-electron chi connectivity index (χ4n) is 3.99. The molecule has 1 amide bonds. The van der Waals surface area contributed by atoms with Gasteiger partial charge in [-0.1, -0.05) is 18.2 Å². The van der Waals surface area contributed by atoms with E-state index in [1.807, 2.05) is 30.3 Å². The van der Waals surface area contributed by atoms with E-state index < -0.39 is 11.2 Å². The molecule has 154 valence electrons. The van der Waals surface area contributed by atoms with Crippen LogP contribution in [0.15, 0.2) is 39.9 Å². The quantitative estimate of drug-likeness (QED) is 0.449. The van der Waals surface area contributed by atoms with E-state index in [0.717, 1.165) is 16.6 Å². The topological polar surface area (TPSA) is 119 Å². The molecule has 1 aliphatic heterocycles. The van der Waals surface area contributed by atoms with Crippen LogP contribution in [-0.2, 0) is 25.4 Å². The van der Waals surface area contributed by atoms with Crippen LogP contribution in [0.4, 0.5) is 5.95 Å². The Morgan fingerprint density at radius 2 is 1.97 bits per heavy atom. The van der Waals surface area contributed by atoms with Crippen LogP contribution < -0.4 is 21.9 Å². The lowest BCUT2D eigenvalue weighted by molar-refractivity contribution is -0.119. The molecule has 10 heteroatoms. The van der Waals surface area contributed by atoms with Gasteiger partial charge in [0.2, 0.25) is 11.9 Å². The van der Waals surface area contributed by atoms with E-state index in [0.29, 0.717) is 30.1 Å². The van der Waals surface area contributed by atoms with Gasteiger partial charge >= 0.3 is 5.69 Å². The Morgan fingerprint density at radius 1 is 1.17 bits per heavy atom. The second-order valence-corrected chi connectivity index (χ2v) is 7.63. The third-order valence-corrected chi connectivity index (χ3v) is 5.58. The minimum Gasteiger partial charge on any atom is -0.357 e. The number of anilines is 1. The number of carbonyl (C=O) groups excluding carboxylic acids is 1. The number of imidazole rings is 1. The number of carbonyl (C=O) groups is 1. The van der Waals surface area contributed by atoms with Gasteiger partial charge in [0.1, 0.15) is 0 Å². The number of aromatic amines is 1. The maximum absolute atomic E-state index is 13.2. The van der Waals surface area contributed by atoms with Crippen molar-refractivity contribution in [1.29, 1.82) is 0 Å². The second kappa shape index (κ2) is 6.61. The minimum absolute atomic E-state index is 0.0284. The average molecular weight is 407 g/mol. The standard InChI is InChI=1S/C20H21N7O3/c1-25-16-17(24-19(25)23-12-8-15(28)21-9-12)26(2)20(30)27(18(16)29)10-13-7-11-5-3-4-6-14(11)22-13/h3-7,12,22H,8-10H2,1-2H3,(H,21,28)(H,23,24). The molecule has 0 radical (unpaired) electrons. The number of hydrogen-bond acceptors (Lipinski definition) is 5. The summed E-state index contributed by atoms with van der Waals surface area (Å²) in [4.78, 5) is 45.3. The maximum atomic E-state index is 13.2. The first-order chi connectivity index (χ1) is 14.4. The van der Waals surface area contributed by atoms with Gasteiger partial charge in [0.15, 0.2) is 11.2 Å². The molecule has 1 aliphatic rings. The Labute approximate surface area is 170 Å². The Morgan fingerprint density at radius 3 is 2.70 bits per heavy atom. The van der Waals surface area contributed by atoms with Crippen LogP contribution in [0.1, 0.15) is 12.1 Å². The molecule has 0 spiro atoms. The van der Waals surface area contributed by atoms with Crippen molar-refractivity contribution in [3.8, 4) is 0 Å². The van der Waals surface area contributed by atoms with Gasteiger partial charge in [-0.05, 0) is 17.5 Å². The van der Waals surface area contributed by atoms with Gasteiger partial charge in [0.25, 0.3) is 5.56 Å². The van der Waals surface area contributed by atoms with Gasteiger partial charge in [0, 0.05) is 38.3 Å². The zero-order valence-corrected chi connectivity index (χ0v) is 16.6. The highest BCUT2D eigenvalue weighted by Gasteiger charge is 2.24. The van der Waals surface area contributed by atoms with Crippen molar-refractivity contribution < 1.29 is 4.79 Å². The third-order valence-electron chi connectivity index (χ3n) is 5.58. The number of aromatic nitrogens is 5. The molecule has 1 unspecified atom stereocenters. The van der Waals surface area contributed by atoms with Crippen LogP contribution in [0.5, 0.6) is 0 Å². The summed E-state index contributed by atoms with van der Waals surface area (Å²) in [5, 5.41) is 6.97. The molecule has 1 fully saturated rings. The van der Waals surface area contributed by atoms with Crippen molar-refractivity contribution >= 4 is 33.9 Å². The molecular weight excluding hydrogens is 386 g/mol. The summed E-state index contributed by atoms with van der Waals surface area (Å²) in [6.45, 7) is 0.622. The van der Waals surface area contributed by atoms with Gasteiger partial charge < -0.3 is 20.2 Å². The van der Waals surface area contributed by atoms with Crippen molar-refractivity contribution in [3.05, 3.63) is 56.9 Å². The highest BCUT2D eigenvalue weighted by molar-refractivity contribution is 5.81. The summed E-state index contributed by atoms with van der Waals surface area (Å²) in [6.07, 6.45) is 0.340. The van der Waals surface area contributed by atoms with E-state index in [4.69, 9.17) is 0 Å². The lowest BCUT2D eigenvalue weighted by Gasteiger charge is -2.11. The Hall–Kier alpha value is -3.82. The molecule has 5 rings (SSSR count). The minimum atomic E-state index is -0.437. The van der Waals surface area contributed by atoms with Gasteiger partial charge in [-0.25, -0.2) is 4.79 Å². The van der Waals surface area contributed by atoms with Crippen molar-refractivity contribution in [3.63, 3.8) is 0 Å². The summed E-state index contributed by atoms with van der Waals surface area (Å²) in [6, 6.07) is 9.61. The zero-order valence-electron chi connectivity index (χ0n) is 16.6. The second-order valence-electron chi connectivity index (χ2n) is 7.63. The number of hydrogen-bond donors (Lipinski definition) is 3. The predicted octanol–water partition coefficient (Wildman–Crippen LogP) is 0.264. The number of amides is 1. The molecule has 10 nitrogen and oxygen atoms in total. The fraction of sp³-hybridized carbons (Fsp3) is 0.300. The van der Waals surface area contributed by atoms with Gasteiger partial charge in [-0.3, -0.25) is 18.7 Å². The molecule has 3 aromatic heterocycles. The number of fused-ring (bicyclic) bond motifs is 2. The normalized spacial score (nSPS) is 16.5. The predicted molar refractivity (Wildman–Crippen MR) is 113 cm³/mol. The van der Waals surface area contributed by atoms with Crippen molar-refractivity contribution in [1.82, 2.24) is 29.0 Å². The van der Waals surface area contributed by atoms with Crippen LogP contribution in [0, 0.1) is 0 Å². The Kier molecular flexibility index (Phi) is 4.02. The molecule has 4 aromatic rings. The first-order valence-electron chi connectivity index (χ1n) is 9.68. The van der Waals surface area contributed by atoms with Crippen LogP contribution in [0.25, 0.3) is 22.1 Å². The van der Waals surface area contributed by atoms with Crippen LogP contribution in [0.3, 0.4) is 0 Å². The van der Waals surface area contributed by atoms with E-state index >= 15 is 0 Å². The van der Waals surface area contributed by atoms with E-state index in [1.54, 1.807) is 18.7 Å². The molecule has 30 heavy (non-hydrogen) atoms. The number of para-hydroxylation sites is 1. The highest BCUT2D eigenvalue weighted by Crippen LogP contribution is 2.17. The number of benzene rings is 1. The van der Waals surface area contributed by atoms with Gasteiger partial charge in [0.05, 0.1) is 12.6 Å². The van der Waals surface area contributed by atoms with Crippen molar-refractivity contribution in [2.45, 2.75) is 19.0 Å². The molecule has 0 aliphatic carbocycles. The average Bonchev–Trinajstić information content (AvgIpc) is 3.41. The van der Waals surface area contributed by atoms with Gasteiger partial charge in [-0.15, -0.1) is 0 Å². The van der Waals surface area contributed by atoms with Crippen molar-refractivity contribution in [2.24, 2.45) is 14.1 Å². The Balaban J connectivity index is 1.59. The summed E-state index contributed by atoms with van der Waals surface area (Å²) in [5.41, 5.74) is 1.51. The van der Waals surface area contributed by atoms with E-state index in [9.17, 15) is 14.4 Å². The number of aryl methyl sites for hydroxylation is 2. The van der Waals surface area contributed by atoms with Crippen LogP contribution in [0.2, 0.25) is 0 Å². The number of rotatable bonds is 4. The first kappa shape index (κ1) is 18.2. The molecule has 1 atom stereocenters. The number of nitrogens with zero attached hydrogens (tertiary/aromatic N) is 4. The smallest absolute Gasteiger partial charge is 0.332 e. The molecule has 4 heterocycles. The number of nitrogens with one attached hydrogen (secondary N) is 3. The monoisotopic (exact) mass is 407 g/mol. The van der Waals surface area contributed by atoms with Crippen molar-refractivity contribution in [2.75, 3.05) is 11.9 Å². The molecular formula is C20H21N7O3. The van der Waals surface area contributed by atoms with Crippen LogP contribution >= 0.6 is 0 Å². The summed E-state index contributed by atoms with van der Waals surface area (Å²) in [7, 11) is 3.32. The van der Waals surface area contributed by atoms with E-state index in [1.165, 1.54) is 9.13 Å². The Bertz CT molecular complexity index is 1390. The zero-order chi connectivity index (χ0) is 21.0. The summed E-state index contributed by atoms with van der Waals surface area (Å²) in [5.74, 6) is 0.418. The van der Waals surface area contributed by atoms with Gasteiger partial charge in [-0.2, -0.15) is 4.98 Å². The molecule has 0 saturated carbocycles. The molecule has 1 aromatic carbocycles. The van der Waals surface area contributed by atoms with Crippen LogP contribution in [-0.4, -0.2) is 42.2 Å². The molecule has 1 saturated heterocycles. The van der Waals surface area contributed by atoms with E-state index in [-0.39, 0.29) is 18.5 Å². The first-order valence-corrected chi connectivity index (χ1v) is 9.68. The largest absolute Gasteiger partial charge is 0.357 e. The highest BCUT2D eigenvalue weighted by atomic mass is 16.2. The lowest BCUT2D eigenvalue weighted by Crippen LogP contribution is -2.39. The SMILES string of the molecule is Cn1c(NC2CNC(=O)C2)nc2c1c(=O)n(Cc1cc3ccccc3[nH]1)c(=O)n2C. The maximum Gasteiger partial charge on any atom is 0.332 e. The summed E-state index contributed by atoms with van der Waals surface area (Å²) >= 11 is 0. The molecule has 0 bridgehead atoms. The number of H-pyrrole nitrogens is 1.